The Bertz CT molecular complexity index is 1000. The van der Waals surface area contributed by atoms with Gasteiger partial charge in [0, 0.05) is 30.6 Å². The maximum absolute atomic E-state index is 12.7. The van der Waals surface area contributed by atoms with Crippen molar-refractivity contribution in [1.29, 1.82) is 0 Å². The second-order valence-corrected chi connectivity index (χ2v) is 8.60. The lowest BCUT2D eigenvalue weighted by molar-refractivity contribution is 0.0668. The number of likely N-dealkylation sites (tertiary alicyclic amines) is 1. The number of hydrogen-bond acceptors (Lipinski definition) is 4. The third-order valence-corrected chi connectivity index (χ3v) is 7.11. The Kier molecular flexibility index (Phi) is 4.23. The van der Waals surface area contributed by atoms with E-state index in [-0.39, 0.29) is 11.3 Å². The highest BCUT2D eigenvalue weighted by Gasteiger charge is 2.44. The highest BCUT2D eigenvalue weighted by atomic mass is 32.1. The number of nitrogens with zero attached hydrogens (tertiary/aromatic N) is 3. The first-order chi connectivity index (χ1) is 13.7. The number of carbonyl (C=O) groups excluding carboxylic acids is 1. The minimum absolute atomic E-state index is 0.101. The summed E-state index contributed by atoms with van der Waals surface area (Å²) in [5.74, 6) is 2.22. The Balaban J connectivity index is 1.38. The SMILES string of the molecule is COc1cccc(-c2cnc3n2CCC32CCN(C(=O)c3cccs3)CC2)c1. The maximum atomic E-state index is 12.7. The molecule has 1 spiro atoms. The molecule has 4 heterocycles. The molecule has 1 saturated heterocycles. The van der Waals surface area contributed by atoms with Crippen LogP contribution in [0.15, 0.2) is 48.0 Å². The molecule has 6 heteroatoms. The number of carbonyl (C=O) groups is 1. The summed E-state index contributed by atoms with van der Waals surface area (Å²) in [6, 6.07) is 12.0. The van der Waals surface area contributed by atoms with E-state index in [1.165, 1.54) is 17.2 Å². The minimum atomic E-state index is 0.101. The van der Waals surface area contributed by atoms with Crippen LogP contribution in [0.2, 0.25) is 0 Å². The van der Waals surface area contributed by atoms with Crippen LogP contribution in [0.4, 0.5) is 0 Å². The number of hydrogen-bond donors (Lipinski definition) is 0. The molecule has 144 valence electrons. The molecule has 1 amide bonds. The van der Waals surface area contributed by atoms with Crippen molar-refractivity contribution in [3.8, 4) is 17.0 Å². The number of fused-ring (bicyclic) bond motifs is 2. The molecular weight excluding hydrogens is 370 g/mol. The predicted molar refractivity (Wildman–Crippen MR) is 110 cm³/mol. The van der Waals surface area contributed by atoms with E-state index < -0.39 is 0 Å². The Hall–Kier alpha value is -2.60. The Morgan fingerprint density at radius 3 is 2.71 bits per heavy atom. The molecule has 0 N–H and O–H groups in total. The Morgan fingerprint density at radius 2 is 1.96 bits per heavy atom. The van der Waals surface area contributed by atoms with Gasteiger partial charge in [0.1, 0.15) is 11.6 Å². The number of methoxy groups -OCH3 is 1. The van der Waals surface area contributed by atoms with E-state index in [4.69, 9.17) is 9.72 Å². The number of piperidine rings is 1. The van der Waals surface area contributed by atoms with Gasteiger partial charge < -0.3 is 14.2 Å². The summed E-state index contributed by atoms with van der Waals surface area (Å²) in [5.41, 5.74) is 2.40. The molecule has 5 nitrogen and oxygen atoms in total. The number of thiophene rings is 1. The second-order valence-electron chi connectivity index (χ2n) is 7.65. The van der Waals surface area contributed by atoms with Crippen molar-refractivity contribution in [2.24, 2.45) is 0 Å². The highest BCUT2D eigenvalue weighted by Crippen LogP contribution is 2.45. The average Bonchev–Trinajstić information content (AvgIpc) is 3.47. The third kappa shape index (κ3) is 2.75. The highest BCUT2D eigenvalue weighted by molar-refractivity contribution is 7.12. The normalized spacial score (nSPS) is 17.7. The van der Waals surface area contributed by atoms with Gasteiger partial charge in [-0.2, -0.15) is 0 Å². The van der Waals surface area contributed by atoms with Gasteiger partial charge in [-0.25, -0.2) is 4.98 Å². The monoisotopic (exact) mass is 393 g/mol. The molecule has 1 aromatic carbocycles. The summed E-state index contributed by atoms with van der Waals surface area (Å²) in [5, 5.41) is 1.96. The fourth-order valence-electron chi connectivity index (χ4n) is 4.64. The van der Waals surface area contributed by atoms with E-state index in [0.29, 0.717) is 0 Å². The summed E-state index contributed by atoms with van der Waals surface area (Å²) >= 11 is 1.52. The molecule has 0 saturated carbocycles. The molecule has 28 heavy (non-hydrogen) atoms. The molecule has 2 aromatic heterocycles. The van der Waals surface area contributed by atoms with Gasteiger partial charge in [0.15, 0.2) is 0 Å². The van der Waals surface area contributed by atoms with E-state index in [1.54, 1.807) is 7.11 Å². The summed E-state index contributed by atoms with van der Waals surface area (Å²) < 4.78 is 7.75. The lowest BCUT2D eigenvalue weighted by Gasteiger charge is -2.38. The number of benzene rings is 1. The first-order valence-corrected chi connectivity index (χ1v) is 10.6. The number of amides is 1. The van der Waals surface area contributed by atoms with Gasteiger partial charge in [0.2, 0.25) is 0 Å². The molecular formula is C22H23N3O2S. The van der Waals surface area contributed by atoms with Crippen molar-refractivity contribution >= 4 is 17.2 Å². The molecule has 0 unspecified atom stereocenters. The lowest BCUT2D eigenvalue weighted by Crippen LogP contribution is -2.44. The van der Waals surface area contributed by atoms with Crippen molar-refractivity contribution < 1.29 is 9.53 Å². The van der Waals surface area contributed by atoms with Gasteiger partial charge >= 0.3 is 0 Å². The topological polar surface area (TPSA) is 47.4 Å². The van der Waals surface area contributed by atoms with Gasteiger partial charge in [-0.3, -0.25) is 4.79 Å². The van der Waals surface area contributed by atoms with Crippen LogP contribution in [0, 0.1) is 0 Å². The molecule has 1 fully saturated rings. The van der Waals surface area contributed by atoms with E-state index >= 15 is 0 Å². The summed E-state index contributed by atoms with van der Waals surface area (Å²) in [6.45, 7) is 2.59. The van der Waals surface area contributed by atoms with Crippen LogP contribution in [0.3, 0.4) is 0 Å². The zero-order valence-electron chi connectivity index (χ0n) is 15.9. The smallest absolute Gasteiger partial charge is 0.263 e. The number of ether oxygens (including phenoxy) is 1. The number of aromatic nitrogens is 2. The molecule has 0 bridgehead atoms. The fourth-order valence-corrected chi connectivity index (χ4v) is 5.33. The van der Waals surface area contributed by atoms with Crippen molar-refractivity contribution in [3.63, 3.8) is 0 Å². The van der Waals surface area contributed by atoms with Crippen LogP contribution in [-0.2, 0) is 12.0 Å². The van der Waals surface area contributed by atoms with Crippen LogP contribution in [0.5, 0.6) is 5.75 Å². The molecule has 5 rings (SSSR count). The van der Waals surface area contributed by atoms with Gasteiger partial charge in [-0.1, -0.05) is 18.2 Å². The van der Waals surface area contributed by atoms with Crippen LogP contribution >= 0.6 is 11.3 Å². The third-order valence-electron chi connectivity index (χ3n) is 6.25. The van der Waals surface area contributed by atoms with E-state index in [1.807, 2.05) is 40.7 Å². The van der Waals surface area contributed by atoms with E-state index in [9.17, 15) is 4.79 Å². The van der Waals surface area contributed by atoms with Gasteiger partial charge in [0.25, 0.3) is 5.91 Å². The molecule has 0 aliphatic carbocycles. The van der Waals surface area contributed by atoms with Gasteiger partial charge in [-0.05, 0) is 42.8 Å². The molecule has 0 radical (unpaired) electrons. The summed E-state index contributed by atoms with van der Waals surface area (Å²) in [4.78, 5) is 20.4. The number of imidazole rings is 1. The van der Waals surface area contributed by atoms with Crippen molar-refractivity contribution in [3.05, 3.63) is 58.7 Å². The Morgan fingerprint density at radius 1 is 1.14 bits per heavy atom. The summed E-state index contributed by atoms with van der Waals surface area (Å²) in [6.07, 6.45) is 5.07. The van der Waals surface area contributed by atoms with Crippen molar-refractivity contribution in [2.45, 2.75) is 31.2 Å². The van der Waals surface area contributed by atoms with Crippen molar-refractivity contribution in [1.82, 2.24) is 14.5 Å². The number of rotatable bonds is 3. The Labute approximate surface area is 168 Å². The molecule has 0 atom stereocenters. The predicted octanol–water partition coefficient (Wildman–Crippen LogP) is 4.20. The van der Waals surface area contributed by atoms with E-state index in [2.05, 4.69) is 16.7 Å². The zero-order chi connectivity index (χ0) is 19.1. The summed E-state index contributed by atoms with van der Waals surface area (Å²) in [7, 11) is 1.69. The van der Waals surface area contributed by atoms with Crippen LogP contribution in [0.1, 0.15) is 34.8 Å². The second kappa shape index (κ2) is 6.78. The standard InChI is InChI=1S/C22H23N3O2S/c1-27-17-5-2-4-16(14-17)18-15-23-21-22(9-12-25(18)21)7-10-24(11-8-22)20(26)19-6-3-13-28-19/h2-6,13-15H,7-12H2,1H3. The van der Waals surface area contributed by atoms with Gasteiger partial charge in [-0.15, -0.1) is 11.3 Å². The molecule has 3 aromatic rings. The van der Waals surface area contributed by atoms with Crippen LogP contribution in [0.25, 0.3) is 11.3 Å². The quantitative estimate of drug-likeness (QED) is 0.670. The van der Waals surface area contributed by atoms with Crippen LogP contribution in [-0.4, -0.2) is 40.6 Å². The molecule has 2 aliphatic rings. The van der Waals surface area contributed by atoms with Gasteiger partial charge in [0.05, 0.1) is 23.9 Å². The largest absolute Gasteiger partial charge is 0.497 e. The van der Waals surface area contributed by atoms with Crippen molar-refractivity contribution in [2.75, 3.05) is 20.2 Å². The first-order valence-electron chi connectivity index (χ1n) is 9.73. The average molecular weight is 394 g/mol. The zero-order valence-corrected chi connectivity index (χ0v) is 16.7. The maximum Gasteiger partial charge on any atom is 0.263 e. The first kappa shape index (κ1) is 17.5. The fraction of sp³-hybridized carbons (Fsp3) is 0.364. The molecule has 2 aliphatic heterocycles. The van der Waals surface area contributed by atoms with Crippen LogP contribution < -0.4 is 4.74 Å². The lowest BCUT2D eigenvalue weighted by atomic mass is 9.76. The van der Waals surface area contributed by atoms with E-state index in [0.717, 1.165) is 60.8 Å². The minimum Gasteiger partial charge on any atom is -0.497 e.